The highest BCUT2D eigenvalue weighted by Gasteiger charge is 2.22. The maximum atomic E-state index is 11.0. The van der Waals surface area contributed by atoms with Gasteiger partial charge < -0.3 is 5.11 Å². The third-order valence-electron chi connectivity index (χ3n) is 7.95. The van der Waals surface area contributed by atoms with Crippen molar-refractivity contribution in [3.8, 4) is 22.3 Å². The van der Waals surface area contributed by atoms with E-state index >= 15 is 0 Å². The summed E-state index contributed by atoms with van der Waals surface area (Å²) in [5.41, 5.74) is 7.79. The average Bonchev–Trinajstić information content (AvgIpc) is 2.90. The van der Waals surface area contributed by atoms with Gasteiger partial charge in [0, 0.05) is 0 Å². The molecule has 1 unspecified atom stereocenters. The third-order valence-corrected chi connectivity index (χ3v) is 7.95. The Balaban J connectivity index is 1.43. The Morgan fingerprint density at radius 1 is 0.857 bits per heavy atom. The first kappa shape index (κ1) is 25.2. The van der Waals surface area contributed by atoms with Crippen molar-refractivity contribution in [2.24, 2.45) is 11.8 Å². The summed E-state index contributed by atoms with van der Waals surface area (Å²) in [4.78, 5) is 11.0. The second-order valence-electron chi connectivity index (χ2n) is 10.5. The van der Waals surface area contributed by atoms with E-state index in [0.717, 1.165) is 31.1 Å². The maximum absolute atomic E-state index is 11.0. The van der Waals surface area contributed by atoms with Crippen molar-refractivity contribution in [3.63, 3.8) is 0 Å². The van der Waals surface area contributed by atoms with Crippen LogP contribution in [-0.4, -0.2) is 11.1 Å². The normalized spacial score (nSPS) is 18.8. The summed E-state index contributed by atoms with van der Waals surface area (Å²) in [5.74, 6) is 0.688. The van der Waals surface area contributed by atoms with Gasteiger partial charge in [-0.1, -0.05) is 99.5 Å². The van der Waals surface area contributed by atoms with Gasteiger partial charge in [-0.05, 0) is 90.2 Å². The molecule has 1 atom stereocenters. The van der Waals surface area contributed by atoms with Crippen LogP contribution in [0.3, 0.4) is 0 Å². The van der Waals surface area contributed by atoms with Crippen LogP contribution in [0.2, 0.25) is 0 Å². The van der Waals surface area contributed by atoms with Gasteiger partial charge in [-0.25, -0.2) is 0 Å². The summed E-state index contributed by atoms with van der Waals surface area (Å²) >= 11 is 0. The summed E-state index contributed by atoms with van der Waals surface area (Å²) in [6, 6.07) is 26.8. The van der Waals surface area contributed by atoms with Gasteiger partial charge in [-0.2, -0.15) is 0 Å². The van der Waals surface area contributed by atoms with Gasteiger partial charge in [0.05, 0.1) is 5.92 Å². The topological polar surface area (TPSA) is 37.3 Å². The fourth-order valence-electron chi connectivity index (χ4n) is 5.70. The smallest absolute Gasteiger partial charge is 0.306 e. The molecule has 3 aromatic carbocycles. The number of aliphatic carboxylic acids is 1. The molecule has 2 nitrogen and oxygen atoms in total. The second-order valence-corrected chi connectivity index (χ2v) is 10.5. The molecule has 1 N–H and O–H groups in total. The first-order valence-electron chi connectivity index (χ1n) is 13.6. The van der Waals surface area contributed by atoms with Gasteiger partial charge in [0.2, 0.25) is 0 Å². The molecule has 0 aromatic heterocycles. The zero-order valence-electron chi connectivity index (χ0n) is 21.4. The minimum Gasteiger partial charge on any atom is -0.481 e. The summed E-state index contributed by atoms with van der Waals surface area (Å²) in [5, 5.41) is 9.07. The Labute approximate surface area is 211 Å². The number of benzene rings is 3. The molecule has 0 bridgehead atoms. The summed E-state index contributed by atoms with van der Waals surface area (Å²) < 4.78 is 0. The van der Waals surface area contributed by atoms with Gasteiger partial charge in [-0.3, -0.25) is 4.79 Å². The summed E-state index contributed by atoms with van der Waals surface area (Å²) in [7, 11) is 0. The lowest BCUT2D eigenvalue weighted by Crippen LogP contribution is -2.13. The summed E-state index contributed by atoms with van der Waals surface area (Å²) in [6.45, 7) is 4.09. The fourth-order valence-corrected chi connectivity index (χ4v) is 5.70. The molecular formula is C33H40O2. The van der Waals surface area contributed by atoms with Crippen LogP contribution in [-0.2, 0) is 11.2 Å². The Morgan fingerprint density at radius 2 is 1.43 bits per heavy atom. The highest BCUT2D eigenvalue weighted by molar-refractivity contribution is 5.83. The lowest BCUT2D eigenvalue weighted by Gasteiger charge is -2.28. The molecule has 3 aromatic rings. The predicted molar refractivity (Wildman–Crippen MR) is 147 cm³/mol. The zero-order chi connectivity index (χ0) is 24.6. The standard InChI is InChI=1S/C33H40O2/c1-3-7-25-12-16-27(17-13-25)28-20-22-30(23-21-28)32-11-5-4-10-31(32)29-18-14-26(15-19-29)9-6-8-24(2)33(34)35/h4-5,10-11,14-15,18-25,27H,3,6-9,12-13,16-17H2,1-2H3,(H,34,35). The zero-order valence-corrected chi connectivity index (χ0v) is 21.4. The molecule has 4 rings (SSSR count). The molecule has 1 aliphatic rings. The number of carboxylic acid groups (broad SMARTS) is 1. The molecule has 0 saturated heterocycles. The monoisotopic (exact) mass is 468 g/mol. The molecule has 0 amide bonds. The van der Waals surface area contributed by atoms with Crippen molar-refractivity contribution in [3.05, 3.63) is 83.9 Å². The van der Waals surface area contributed by atoms with Crippen LogP contribution in [0.25, 0.3) is 22.3 Å². The van der Waals surface area contributed by atoms with E-state index in [1.807, 2.05) is 0 Å². The van der Waals surface area contributed by atoms with Crippen LogP contribution in [0.1, 0.15) is 82.3 Å². The predicted octanol–water partition coefficient (Wildman–Crippen LogP) is 9.14. The third kappa shape index (κ3) is 6.63. The molecule has 1 aliphatic carbocycles. The van der Waals surface area contributed by atoms with E-state index in [9.17, 15) is 4.79 Å². The van der Waals surface area contributed by atoms with E-state index in [0.29, 0.717) is 0 Å². The largest absolute Gasteiger partial charge is 0.481 e. The lowest BCUT2D eigenvalue weighted by molar-refractivity contribution is -0.141. The van der Waals surface area contributed by atoms with Crippen LogP contribution in [0.5, 0.6) is 0 Å². The van der Waals surface area contributed by atoms with Crippen LogP contribution in [0, 0.1) is 11.8 Å². The second kappa shape index (κ2) is 12.2. The Morgan fingerprint density at radius 3 is 1.97 bits per heavy atom. The van der Waals surface area contributed by atoms with Gasteiger partial charge in [0.25, 0.3) is 0 Å². The molecule has 2 heteroatoms. The molecule has 1 saturated carbocycles. The molecule has 0 radical (unpaired) electrons. The van der Waals surface area contributed by atoms with Gasteiger partial charge in [0.1, 0.15) is 0 Å². The number of hydrogen-bond donors (Lipinski definition) is 1. The number of hydrogen-bond acceptors (Lipinski definition) is 1. The summed E-state index contributed by atoms with van der Waals surface area (Å²) in [6.07, 6.45) is 10.7. The number of rotatable bonds is 10. The van der Waals surface area contributed by atoms with E-state index in [4.69, 9.17) is 5.11 Å². The van der Waals surface area contributed by atoms with Crippen molar-refractivity contribution in [1.82, 2.24) is 0 Å². The van der Waals surface area contributed by atoms with Crippen molar-refractivity contribution < 1.29 is 9.90 Å². The van der Waals surface area contributed by atoms with E-state index in [2.05, 4.69) is 79.7 Å². The van der Waals surface area contributed by atoms with Crippen molar-refractivity contribution in [2.75, 3.05) is 0 Å². The average molecular weight is 469 g/mol. The molecule has 35 heavy (non-hydrogen) atoms. The number of carboxylic acids is 1. The van der Waals surface area contributed by atoms with E-state index in [-0.39, 0.29) is 5.92 Å². The minimum atomic E-state index is -0.704. The fraction of sp³-hybridized carbons (Fsp3) is 0.424. The van der Waals surface area contributed by atoms with Gasteiger partial charge >= 0.3 is 5.97 Å². The Kier molecular flexibility index (Phi) is 8.79. The molecule has 0 aliphatic heterocycles. The van der Waals surface area contributed by atoms with Crippen molar-refractivity contribution in [2.45, 2.75) is 77.6 Å². The van der Waals surface area contributed by atoms with E-state index < -0.39 is 5.97 Å². The maximum Gasteiger partial charge on any atom is 0.306 e. The first-order valence-corrected chi connectivity index (χ1v) is 13.6. The molecule has 1 fully saturated rings. The lowest BCUT2D eigenvalue weighted by atomic mass is 9.77. The highest BCUT2D eigenvalue weighted by Crippen LogP contribution is 2.39. The highest BCUT2D eigenvalue weighted by atomic mass is 16.4. The number of aryl methyl sites for hydroxylation is 1. The Hall–Kier alpha value is -2.87. The quantitative estimate of drug-likeness (QED) is 0.322. The molecule has 0 heterocycles. The number of carbonyl (C=O) groups is 1. The molecular weight excluding hydrogens is 428 g/mol. The SMILES string of the molecule is CCCC1CCC(c2ccc(-c3ccccc3-c3ccc(CCCC(C)C(=O)O)cc3)cc2)CC1. The van der Waals surface area contributed by atoms with Gasteiger partial charge in [0.15, 0.2) is 0 Å². The van der Waals surface area contributed by atoms with Crippen LogP contribution in [0.15, 0.2) is 72.8 Å². The van der Waals surface area contributed by atoms with E-state index in [1.54, 1.807) is 6.92 Å². The van der Waals surface area contributed by atoms with Crippen molar-refractivity contribution in [1.29, 1.82) is 0 Å². The van der Waals surface area contributed by atoms with Crippen LogP contribution in [0.4, 0.5) is 0 Å². The molecule has 184 valence electrons. The van der Waals surface area contributed by atoms with Crippen molar-refractivity contribution >= 4 is 5.97 Å². The van der Waals surface area contributed by atoms with Gasteiger partial charge in [-0.15, -0.1) is 0 Å². The Bertz CT molecular complexity index is 1070. The molecule has 0 spiro atoms. The van der Waals surface area contributed by atoms with Crippen LogP contribution >= 0.6 is 0 Å². The van der Waals surface area contributed by atoms with E-state index in [1.165, 1.54) is 71.9 Å². The first-order chi connectivity index (χ1) is 17.0. The van der Waals surface area contributed by atoms with Crippen LogP contribution < -0.4 is 0 Å². The minimum absolute atomic E-state index is 0.274.